The first-order valence-electron chi connectivity index (χ1n) is 9.10. The van der Waals surface area contributed by atoms with Crippen LogP contribution in [-0.4, -0.2) is 54.9 Å². The molecule has 0 heterocycles. The van der Waals surface area contributed by atoms with Gasteiger partial charge in [0.15, 0.2) is 18.2 Å². The number of amidine groups is 1. The highest BCUT2D eigenvalue weighted by Gasteiger charge is 2.19. The lowest BCUT2D eigenvalue weighted by atomic mass is 10.1. The molecule has 0 amide bonds. The molecule has 6 N–H and O–H groups in total. The summed E-state index contributed by atoms with van der Waals surface area (Å²) in [7, 11) is 2.72. The van der Waals surface area contributed by atoms with Crippen molar-refractivity contribution in [3.8, 4) is 11.5 Å². The van der Waals surface area contributed by atoms with Crippen LogP contribution < -0.4 is 20.5 Å². The first-order chi connectivity index (χ1) is 15.1. The molecule has 11 heteroatoms. The molecule has 172 valence electrons. The van der Waals surface area contributed by atoms with E-state index in [1.54, 1.807) is 24.3 Å². The predicted octanol–water partition coefficient (Wildman–Crippen LogP) is 1.93. The SMILES string of the molecule is CC(=O)O.COc1cc(CC(=O)OCNc2ccc(C(=N)N)cc2)cc(C(=O)O)c1OC. The zero-order chi connectivity index (χ0) is 24.3. The number of ether oxygens (including phenoxy) is 3. The number of nitrogens with two attached hydrogens (primary N) is 1. The van der Waals surface area contributed by atoms with Crippen LogP contribution in [0, 0.1) is 5.41 Å². The highest BCUT2D eigenvalue weighted by atomic mass is 16.5. The number of aliphatic carboxylic acids is 1. The van der Waals surface area contributed by atoms with E-state index in [2.05, 4.69) is 5.32 Å². The highest BCUT2D eigenvalue weighted by Crippen LogP contribution is 2.32. The van der Waals surface area contributed by atoms with Crippen molar-refractivity contribution in [3.05, 3.63) is 53.1 Å². The minimum Gasteiger partial charge on any atom is -0.493 e. The van der Waals surface area contributed by atoms with Crippen LogP contribution in [0.1, 0.15) is 28.4 Å². The van der Waals surface area contributed by atoms with E-state index in [0.717, 1.165) is 6.92 Å². The number of methoxy groups -OCH3 is 2. The number of nitrogen functional groups attached to an aromatic ring is 1. The molecule has 0 bridgehead atoms. The van der Waals surface area contributed by atoms with Crippen molar-refractivity contribution < 1.29 is 38.8 Å². The van der Waals surface area contributed by atoms with Gasteiger partial charge in [-0.15, -0.1) is 0 Å². The first kappa shape index (κ1) is 25.8. The number of hydrogen-bond acceptors (Lipinski definition) is 8. The molecule has 0 unspecified atom stereocenters. The van der Waals surface area contributed by atoms with Crippen LogP contribution >= 0.6 is 0 Å². The van der Waals surface area contributed by atoms with Gasteiger partial charge < -0.3 is 35.5 Å². The number of esters is 1. The molecular weight excluding hydrogens is 422 g/mol. The molecule has 2 aromatic rings. The second-order valence-corrected chi connectivity index (χ2v) is 6.21. The van der Waals surface area contributed by atoms with Crippen LogP contribution in [0.2, 0.25) is 0 Å². The number of carboxylic acids is 2. The molecule has 2 aromatic carbocycles. The third-order valence-electron chi connectivity index (χ3n) is 3.82. The Balaban J connectivity index is 0.00000118. The van der Waals surface area contributed by atoms with Gasteiger partial charge in [0.2, 0.25) is 0 Å². The zero-order valence-corrected chi connectivity index (χ0v) is 17.8. The van der Waals surface area contributed by atoms with Gasteiger partial charge >= 0.3 is 11.9 Å². The average molecular weight is 447 g/mol. The van der Waals surface area contributed by atoms with Crippen molar-refractivity contribution in [2.24, 2.45) is 5.73 Å². The smallest absolute Gasteiger partial charge is 0.339 e. The summed E-state index contributed by atoms with van der Waals surface area (Å²) in [6.07, 6.45) is -0.133. The highest BCUT2D eigenvalue weighted by molar-refractivity contribution is 5.95. The maximum absolute atomic E-state index is 12.1. The van der Waals surface area contributed by atoms with Crippen molar-refractivity contribution in [3.63, 3.8) is 0 Å². The number of hydrogen-bond donors (Lipinski definition) is 5. The van der Waals surface area contributed by atoms with Crippen LogP contribution in [0.4, 0.5) is 5.69 Å². The normalized spacial score (nSPS) is 9.59. The van der Waals surface area contributed by atoms with Gasteiger partial charge in [0, 0.05) is 18.2 Å². The van der Waals surface area contributed by atoms with Crippen LogP contribution in [0.15, 0.2) is 36.4 Å². The summed E-state index contributed by atoms with van der Waals surface area (Å²) in [4.78, 5) is 32.5. The van der Waals surface area contributed by atoms with Crippen LogP contribution in [0.25, 0.3) is 0 Å². The van der Waals surface area contributed by atoms with Gasteiger partial charge in [-0.3, -0.25) is 15.0 Å². The van der Waals surface area contributed by atoms with Crippen molar-refractivity contribution in [1.82, 2.24) is 0 Å². The maximum Gasteiger partial charge on any atom is 0.339 e. The van der Waals surface area contributed by atoms with Crippen molar-refractivity contribution in [2.75, 3.05) is 26.3 Å². The number of rotatable bonds is 9. The Morgan fingerprint density at radius 3 is 2.12 bits per heavy atom. The molecule has 0 aromatic heterocycles. The van der Waals surface area contributed by atoms with Crippen LogP contribution in [0.5, 0.6) is 11.5 Å². The van der Waals surface area contributed by atoms with E-state index in [9.17, 15) is 14.7 Å². The molecule has 0 saturated carbocycles. The molecule has 0 radical (unpaired) electrons. The summed E-state index contributed by atoms with van der Waals surface area (Å²) in [5.41, 5.74) is 6.98. The number of carboxylic acid groups (broad SMARTS) is 2. The summed E-state index contributed by atoms with van der Waals surface area (Å²) in [6.45, 7) is 1.01. The van der Waals surface area contributed by atoms with E-state index in [1.165, 1.54) is 26.4 Å². The number of carbonyl (C=O) groups excluding carboxylic acids is 1. The first-order valence-corrected chi connectivity index (χ1v) is 9.10. The fourth-order valence-electron chi connectivity index (χ4n) is 2.47. The van der Waals surface area contributed by atoms with Crippen molar-refractivity contribution >= 4 is 29.4 Å². The molecule has 2 rings (SSSR count). The molecular formula is C21H25N3O8. The fraction of sp³-hybridized carbons (Fsp3) is 0.238. The number of benzene rings is 2. The average Bonchev–Trinajstić information content (AvgIpc) is 2.72. The molecule has 0 atom stereocenters. The summed E-state index contributed by atoms with van der Waals surface area (Å²) in [6, 6.07) is 9.63. The summed E-state index contributed by atoms with van der Waals surface area (Å²) in [5.74, 6) is -2.30. The monoisotopic (exact) mass is 447 g/mol. The predicted molar refractivity (Wildman–Crippen MR) is 116 cm³/mol. The van der Waals surface area contributed by atoms with E-state index in [0.29, 0.717) is 16.8 Å². The number of aromatic carboxylic acids is 1. The van der Waals surface area contributed by atoms with E-state index in [-0.39, 0.29) is 36.0 Å². The summed E-state index contributed by atoms with van der Waals surface area (Å²) < 4.78 is 15.3. The summed E-state index contributed by atoms with van der Waals surface area (Å²) in [5, 5.41) is 27.0. The topological polar surface area (TPSA) is 181 Å². The molecule has 0 aliphatic rings. The molecule has 0 fully saturated rings. The molecule has 0 saturated heterocycles. The van der Waals surface area contributed by atoms with E-state index in [1.807, 2.05) is 0 Å². The molecule has 32 heavy (non-hydrogen) atoms. The Bertz CT molecular complexity index is 970. The van der Waals surface area contributed by atoms with Crippen molar-refractivity contribution in [2.45, 2.75) is 13.3 Å². The number of anilines is 1. The van der Waals surface area contributed by atoms with Crippen LogP contribution in [0.3, 0.4) is 0 Å². The molecule has 0 spiro atoms. The Morgan fingerprint density at radius 1 is 1.06 bits per heavy atom. The summed E-state index contributed by atoms with van der Waals surface area (Å²) >= 11 is 0. The second-order valence-electron chi connectivity index (χ2n) is 6.21. The maximum atomic E-state index is 12.1. The lowest BCUT2D eigenvalue weighted by molar-refractivity contribution is -0.142. The van der Waals surface area contributed by atoms with Gasteiger partial charge in [-0.1, -0.05) is 0 Å². The number of nitrogens with one attached hydrogen (secondary N) is 2. The van der Waals surface area contributed by atoms with Gasteiger partial charge in [-0.2, -0.15) is 0 Å². The van der Waals surface area contributed by atoms with E-state index >= 15 is 0 Å². The minimum absolute atomic E-state index is 0.0337. The molecule has 0 aliphatic carbocycles. The second kappa shape index (κ2) is 12.4. The lowest BCUT2D eigenvalue weighted by Gasteiger charge is -2.13. The largest absolute Gasteiger partial charge is 0.493 e. The third-order valence-corrected chi connectivity index (χ3v) is 3.82. The van der Waals surface area contributed by atoms with Gasteiger partial charge in [-0.05, 0) is 42.0 Å². The van der Waals surface area contributed by atoms with Gasteiger partial charge in [0.25, 0.3) is 5.97 Å². The number of carbonyl (C=O) groups is 3. The Morgan fingerprint density at radius 2 is 1.66 bits per heavy atom. The Kier molecular flexibility index (Phi) is 10.00. The molecule has 0 aliphatic heterocycles. The van der Waals surface area contributed by atoms with Crippen molar-refractivity contribution in [1.29, 1.82) is 5.41 Å². The Labute approximate surface area is 184 Å². The molecule has 11 nitrogen and oxygen atoms in total. The fourth-order valence-corrected chi connectivity index (χ4v) is 2.47. The van der Waals surface area contributed by atoms with E-state index in [4.69, 9.17) is 35.3 Å². The third kappa shape index (κ3) is 8.22. The van der Waals surface area contributed by atoms with Gasteiger partial charge in [0.1, 0.15) is 11.4 Å². The lowest BCUT2D eigenvalue weighted by Crippen LogP contribution is -2.15. The zero-order valence-electron chi connectivity index (χ0n) is 17.8. The quantitative estimate of drug-likeness (QED) is 0.165. The van der Waals surface area contributed by atoms with Crippen LogP contribution in [-0.2, 0) is 20.7 Å². The standard InChI is InChI=1S/C19H21N3O6.C2H4O2/c1-26-15-8-11(7-14(19(24)25)17(15)27-2)9-16(23)28-10-22-13-5-3-12(4-6-13)18(20)21;1-2(3)4/h3-8,22H,9-10H2,1-2H3,(H3,20,21)(H,24,25);1H3,(H,3,4). The minimum atomic E-state index is -1.19. The Hall–Kier alpha value is -4.28. The van der Waals surface area contributed by atoms with E-state index < -0.39 is 17.9 Å². The van der Waals surface area contributed by atoms with Gasteiger partial charge in [0.05, 0.1) is 20.6 Å². The van der Waals surface area contributed by atoms with Gasteiger partial charge in [-0.25, -0.2) is 4.79 Å².